The van der Waals surface area contributed by atoms with E-state index in [1.165, 1.54) is 11.4 Å². The summed E-state index contributed by atoms with van der Waals surface area (Å²) in [4.78, 5) is 0. The van der Waals surface area contributed by atoms with Gasteiger partial charge in [0.15, 0.2) is 10.7 Å². The summed E-state index contributed by atoms with van der Waals surface area (Å²) in [6.45, 7) is 3.21. The van der Waals surface area contributed by atoms with Crippen molar-refractivity contribution in [3.63, 3.8) is 0 Å². The Morgan fingerprint density at radius 3 is 2.50 bits per heavy atom. The van der Waals surface area contributed by atoms with Crippen LogP contribution in [-0.4, -0.2) is 61.4 Å². The van der Waals surface area contributed by atoms with Crippen LogP contribution in [-0.2, 0) is 28.0 Å². The van der Waals surface area contributed by atoms with Crippen LogP contribution >= 0.6 is 0 Å². The second-order valence-electron chi connectivity index (χ2n) is 7.68. The molecule has 1 spiro atoms. The predicted molar refractivity (Wildman–Crippen MR) is 84.7 cm³/mol. The molecule has 2 saturated heterocycles. The number of alkyl halides is 3. The summed E-state index contributed by atoms with van der Waals surface area (Å²) in [6.07, 6.45) is -2.88. The highest BCUT2D eigenvalue weighted by Gasteiger charge is 2.56. The van der Waals surface area contributed by atoms with Gasteiger partial charge in [-0.05, 0) is 12.8 Å². The zero-order valence-electron chi connectivity index (χ0n) is 14.3. The third kappa shape index (κ3) is 3.04. The Balaban J connectivity index is 1.34. The molecule has 0 unspecified atom stereocenters. The molecule has 7 nitrogen and oxygen atoms in total. The normalized spacial score (nSPS) is 24.3. The van der Waals surface area contributed by atoms with E-state index in [9.17, 15) is 21.6 Å². The fourth-order valence-corrected chi connectivity index (χ4v) is 5.75. The van der Waals surface area contributed by atoms with E-state index in [1.54, 1.807) is 0 Å². The maximum absolute atomic E-state index is 12.8. The van der Waals surface area contributed by atoms with Gasteiger partial charge < -0.3 is 10.1 Å². The molecule has 1 saturated carbocycles. The number of hydrogen-bond acceptors (Lipinski definition) is 5. The van der Waals surface area contributed by atoms with Crippen LogP contribution in [0.15, 0.2) is 11.1 Å². The molecule has 0 atom stereocenters. The first-order chi connectivity index (χ1) is 12.1. The third-order valence-corrected chi connectivity index (χ3v) is 7.36. The lowest BCUT2D eigenvalue weighted by Crippen LogP contribution is -2.67. The zero-order valence-corrected chi connectivity index (χ0v) is 15.1. The average molecular weight is 394 g/mol. The van der Waals surface area contributed by atoms with E-state index < -0.39 is 26.9 Å². The number of hydrogen-bond donors (Lipinski definition) is 1. The lowest BCUT2D eigenvalue weighted by Gasteiger charge is -2.58. The lowest BCUT2D eigenvalue weighted by atomic mass is 9.61. The van der Waals surface area contributed by atoms with Crippen molar-refractivity contribution in [2.45, 2.75) is 30.1 Å². The number of sulfonamides is 1. The first kappa shape index (κ1) is 18.2. The van der Waals surface area contributed by atoms with Gasteiger partial charge in [-0.15, -0.1) is 0 Å². The highest BCUT2D eigenvalue weighted by Crippen LogP contribution is 2.50. The van der Waals surface area contributed by atoms with Crippen molar-refractivity contribution in [3.05, 3.63) is 11.8 Å². The van der Waals surface area contributed by atoms with Crippen LogP contribution in [0.2, 0.25) is 0 Å². The highest BCUT2D eigenvalue weighted by atomic mass is 32.2. The summed E-state index contributed by atoms with van der Waals surface area (Å²) in [6, 6.07) is 0.987. The molecule has 0 bridgehead atoms. The molecule has 146 valence electrons. The number of aryl methyl sites for hydroxylation is 1. The van der Waals surface area contributed by atoms with Gasteiger partial charge in [0.05, 0.1) is 13.2 Å². The molecular weight excluding hydrogens is 373 g/mol. The van der Waals surface area contributed by atoms with Crippen molar-refractivity contribution in [3.8, 4) is 0 Å². The first-order valence-electron chi connectivity index (χ1n) is 8.52. The van der Waals surface area contributed by atoms with Crippen molar-refractivity contribution in [2.75, 3.05) is 32.8 Å². The number of nitrogens with one attached hydrogen (secondary N) is 1. The molecule has 26 heavy (non-hydrogen) atoms. The molecule has 1 N–H and O–H groups in total. The Morgan fingerprint density at radius 2 is 2.00 bits per heavy atom. The molecule has 4 rings (SSSR count). The molecule has 1 aliphatic carbocycles. The second kappa shape index (κ2) is 5.91. The van der Waals surface area contributed by atoms with E-state index in [4.69, 9.17) is 4.74 Å². The smallest absolute Gasteiger partial charge is 0.381 e. The summed E-state index contributed by atoms with van der Waals surface area (Å²) in [5.41, 5.74) is -1.23. The molecular formula is C15H21F3N4O3S. The maximum atomic E-state index is 12.8. The Bertz CT molecular complexity index is 790. The van der Waals surface area contributed by atoms with E-state index in [1.807, 2.05) is 0 Å². The number of halogens is 3. The van der Waals surface area contributed by atoms with Gasteiger partial charge in [0.1, 0.15) is 0 Å². The van der Waals surface area contributed by atoms with Crippen molar-refractivity contribution in [2.24, 2.45) is 18.4 Å². The minimum Gasteiger partial charge on any atom is -0.381 e. The molecule has 3 fully saturated rings. The average Bonchev–Trinajstić information content (AvgIpc) is 2.79. The molecule has 2 aliphatic heterocycles. The SMILES string of the molecule is Cn1nc(C(F)(F)F)cc1S(=O)(=O)N1CC2(CC(NCC3COC3)C2)C1. The van der Waals surface area contributed by atoms with Crippen molar-refractivity contribution >= 4 is 10.0 Å². The van der Waals surface area contributed by atoms with E-state index in [-0.39, 0.29) is 5.41 Å². The molecule has 3 aliphatic rings. The Kier molecular flexibility index (Phi) is 4.14. The highest BCUT2D eigenvalue weighted by molar-refractivity contribution is 7.89. The van der Waals surface area contributed by atoms with Crippen LogP contribution in [0.5, 0.6) is 0 Å². The van der Waals surface area contributed by atoms with E-state index in [0.29, 0.717) is 31.1 Å². The van der Waals surface area contributed by atoms with Crippen LogP contribution in [0.25, 0.3) is 0 Å². The minimum atomic E-state index is -4.67. The van der Waals surface area contributed by atoms with E-state index in [0.717, 1.165) is 37.3 Å². The van der Waals surface area contributed by atoms with Gasteiger partial charge in [0.2, 0.25) is 0 Å². The number of nitrogens with zero attached hydrogens (tertiary/aromatic N) is 3. The third-order valence-electron chi connectivity index (χ3n) is 5.52. The van der Waals surface area contributed by atoms with Gasteiger partial charge in [-0.1, -0.05) is 0 Å². The largest absolute Gasteiger partial charge is 0.435 e. The zero-order chi connectivity index (χ0) is 18.7. The molecule has 1 aromatic heterocycles. The van der Waals surface area contributed by atoms with Crippen molar-refractivity contribution in [1.29, 1.82) is 0 Å². The summed E-state index contributed by atoms with van der Waals surface area (Å²) in [7, 11) is -2.75. The van der Waals surface area contributed by atoms with Crippen LogP contribution < -0.4 is 5.32 Å². The van der Waals surface area contributed by atoms with Crippen LogP contribution in [0.1, 0.15) is 18.5 Å². The molecule has 3 heterocycles. The van der Waals surface area contributed by atoms with Gasteiger partial charge in [-0.3, -0.25) is 4.68 Å². The van der Waals surface area contributed by atoms with Gasteiger partial charge >= 0.3 is 6.18 Å². The first-order valence-corrected chi connectivity index (χ1v) is 9.96. The quantitative estimate of drug-likeness (QED) is 0.801. The predicted octanol–water partition coefficient (Wildman–Crippen LogP) is 0.828. The Hall–Kier alpha value is -1.17. The minimum absolute atomic E-state index is 0.0354. The molecule has 1 aromatic rings. The fraction of sp³-hybridized carbons (Fsp3) is 0.800. The summed E-state index contributed by atoms with van der Waals surface area (Å²) in [5, 5.41) is 6.35. The standard InChI is InChI=1S/C15H21F3N4O3S/c1-21-13(2-12(20-21)15(16,17)18)26(23,24)22-8-14(9-22)3-11(4-14)19-5-10-6-25-7-10/h2,10-11,19H,3-9H2,1H3. The Morgan fingerprint density at radius 1 is 1.35 bits per heavy atom. The number of rotatable bonds is 5. The topological polar surface area (TPSA) is 76.5 Å². The van der Waals surface area contributed by atoms with Crippen molar-refractivity contribution < 1.29 is 26.3 Å². The fourth-order valence-electron chi connectivity index (χ4n) is 3.96. The van der Waals surface area contributed by atoms with E-state index >= 15 is 0 Å². The molecule has 11 heteroatoms. The van der Waals surface area contributed by atoms with Gasteiger partial charge in [-0.25, -0.2) is 8.42 Å². The summed E-state index contributed by atoms with van der Waals surface area (Å²) >= 11 is 0. The molecule has 0 amide bonds. The van der Waals surface area contributed by atoms with E-state index in [2.05, 4.69) is 10.4 Å². The van der Waals surface area contributed by atoms with Crippen LogP contribution in [0.3, 0.4) is 0 Å². The number of ether oxygens (including phenoxy) is 1. The monoisotopic (exact) mass is 394 g/mol. The van der Waals surface area contributed by atoms with Crippen LogP contribution in [0, 0.1) is 11.3 Å². The molecule has 0 aromatic carbocycles. The van der Waals surface area contributed by atoms with Gasteiger partial charge in [-0.2, -0.15) is 22.6 Å². The van der Waals surface area contributed by atoms with Gasteiger partial charge in [0.25, 0.3) is 10.0 Å². The Labute approximate surface area is 149 Å². The number of aromatic nitrogens is 2. The second-order valence-corrected chi connectivity index (χ2v) is 9.56. The summed E-state index contributed by atoms with van der Waals surface area (Å²) in [5.74, 6) is 0.567. The van der Waals surface area contributed by atoms with Crippen LogP contribution in [0.4, 0.5) is 13.2 Å². The molecule has 0 radical (unpaired) electrons. The maximum Gasteiger partial charge on any atom is 0.435 e. The van der Waals surface area contributed by atoms with Crippen molar-refractivity contribution in [1.82, 2.24) is 19.4 Å². The van der Waals surface area contributed by atoms with Gasteiger partial charge in [0, 0.05) is 50.1 Å². The summed E-state index contributed by atoms with van der Waals surface area (Å²) < 4.78 is 70.7. The lowest BCUT2D eigenvalue weighted by molar-refractivity contribution is -0.141.